The maximum Gasteiger partial charge on any atom is 0.129 e. The highest BCUT2D eigenvalue weighted by Gasteiger charge is 2.28. The molecule has 2 atom stereocenters. The molecule has 0 spiro atoms. The summed E-state index contributed by atoms with van der Waals surface area (Å²) < 4.78 is 16.9. The van der Waals surface area contributed by atoms with E-state index in [9.17, 15) is 10.2 Å². The first kappa shape index (κ1) is 23.7. The third-order valence-electron chi connectivity index (χ3n) is 6.26. The van der Waals surface area contributed by atoms with E-state index in [4.69, 9.17) is 14.2 Å². The molecule has 0 bridgehead atoms. The molecule has 1 fully saturated rings. The molecule has 5 heteroatoms. The van der Waals surface area contributed by atoms with Gasteiger partial charge >= 0.3 is 0 Å². The molecule has 29 heavy (non-hydrogen) atoms. The van der Waals surface area contributed by atoms with E-state index >= 15 is 0 Å². The Labute approximate surface area is 175 Å². The summed E-state index contributed by atoms with van der Waals surface area (Å²) in [6, 6.07) is 0. The first-order valence-electron chi connectivity index (χ1n) is 10.6. The first-order chi connectivity index (χ1) is 13.7. The summed E-state index contributed by atoms with van der Waals surface area (Å²) in [5, 5.41) is 21.3. The lowest BCUT2D eigenvalue weighted by Crippen LogP contribution is -2.40. The largest absolute Gasteiger partial charge is 0.496 e. The van der Waals surface area contributed by atoms with Gasteiger partial charge in [0.25, 0.3) is 0 Å². The Morgan fingerprint density at radius 2 is 1.59 bits per heavy atom. The molecule has 1 aliphatic rings. The van der Waals surface area contributed by atoms with Gasteiger partial charge in [0.1, 0.15) is 23.2 Å². The smallest absolute Gasteiger partial charge is 0.129 e. The van der Waals surface area contributed by atoms with E-state index in [2.05, 4.69) is 0 Å². The lowest BCUT2D eigenvalue weighted by atomic mass is 9.90. The van der Waals surface area contributed by atoms with Crippen LogP contribution < -0.4 is 9.47 Å². The molecule has 0 saturated heterocycles. The van der Waals surface area contributed by atoms with Crippen molar-refractivity contribution in [1.82, 2.24) is 0 Å². The Morgan fingerprint density at radius 3 is 2.17 bits per heavy atom. The van der Waals surface area contributed by atoms with Gasteiger partial charge in [-0.1, -0.05) is 25.3 Å². The van der Waals surface area contributed by atoms with Gasteiger partial charge in [0.05, 0.1) is 20.8 Å². The van der Waals surface area contributed by atoms with Gasteiger partial charge in [-0.3, -0.25) is 0 Å². The zero-order valence-corrected chi connectivity index (χ0v) is 18.9. The van der Waals surface area contributed by atoms with Crippen LogP contribution in [-0.4, -0.2) is 49.4 Å². The number of hydrogen-bond donors (Lipinski definition) is 2. The third-order valence-corrected chi connectivity index (χ3v) is 6.26. The predicted octanol–water partition coefficient (Wildman–Crippen LogP) is 4.35. The molecule has 1 aromatic rings. The van der Waals surface area contributed by atoms with E-state index in [-0.39, 0.29) is 6.61 Å². The molecule has 1 saturated carbocycles. The highest BCUT2D eigenvalue weighted by Crippen LogP contribution is 2.38. The van der Waals surface area contributed by atoms with Crippen molar-refractivity contribution in [1.29, 1.82) is 0 Å². The van der Waals surface area contributed by atoms with Crippen LogP contribution in [0.5, 0.6) is 11.5 Å². The van der Waals surface area contributed by atoms with E-state index in [0.717, 1.165) is 33.8 Å². The molecular weight excluding hydrogens is 368 g/mol. The summed E-state index contributed by atoms with van der Waals surface area (Å²) in [6.07, 6.45) is 8.62. The van der Waals surface area contributed by atoms with Crippen molar-refractivity contribution >= 4 is 6.08 Å². The second kappa shape index (κ2) is 10.5. The molecule has 0 amide bonds. The van der Waals surface area contributed by atoms with Crippen molar-refractivity contribution in [2.45, 2.75) is 71.5 Å². The van der Waals surface area contributed by atoms with E-state index < -0.39 is 11.7 Å². The fourth-order valence-corrected chi connectivity index (χ4v) is 4.12. The van der Waals surface area contributed by atoms with Gasteiger partial charge in [0.2, 0.25) is 0 Å². The summed E-state index contributed by atoms with van der Waals surface area (Å²) in [5.74, 6) is 2.13. The molecule has 1 aliphatic carbocycles. The van der Waals surface area contributed by atoms with Crippen LogP contribution in [-0.2, 0) is 4.74 Å². The molecule has 0 heterocycles. The number of aliphatic hydroxyl groups is 2. The normalized spacial score (nSPS) is 18.6. The third kappa shape index (κ3) is 5.74. The second-order valence-corrected chi connectivity index (χ2v) is 8.47. The molecule has 0 unspecified atom stereocenters. The number of benzene rings is 1. The van der Waals surface area contributed by atoms with E-state index in [0.29, 0.717) is 12.5 Å². The molecular formula is C24H38O5. The van der Waals surface area contributed by atoms with Gasteiger partial charge in [0, 0.05) is 17.7 Å². The summed E-state index contributed by atoms with van der Waals surface area (Å²) in [4.78, 5) is 0. The zero-order valence-electron chi connectivity index (χ0n) is 18.9. The number of hydrogen-bond acceptors (Lipinski definition) is 5. The Balaban J connectivity index is 2.11. The van der Waals surface area contributed by atoms with Crippen LogP contribution in [0.15, 0.2) is 6.08 Å². The monoisotopic (exact) mass is 406 g/mol. The summed E-state index contributed by atoms with van der Waals surface area (Å²) in [7, 11) is 3.29. The molecule has 0 aliphatic heterocycles. The fraction of sp³-hybridized carbons (Fsp3) is 0.667. The molecule has 2 N–H and O–H groups in total. The fourth-order valence-electron chi connectivity index (χ4n) is 4.12. The molecule has 0 radical (unpaired) electrons. The summed E-state index contributed by atoms with van der Waals surface area (Å²) in [6.45, 7) is 8.31. The minimum atomic E-state index is -1.42. The van der Waals surface area contributed by atoms with Gasteiger partial charge in [-0.15, -0.1) is 0 Å². The van der Waals surface area contributed by atoms with E-state index in [1.54, 1.807) is 33.3 Å². The van der Waals surface area contributed by atoms with Crippen LogP contribution in [0, 0.1) is 26.7 Å². The summed E-state index contributed by atoms with van der Waals surface area (Å²) >= 11 is 0. The minimum absolute atomic E-state index is 0.111. The average Bonchev–Trinajstić information content (AvgIpc) is 2.70. The maximum atomic E-state index is 10.8. The molecule has 0 aromatic heterocycles. The molecule has 164 valence electrons. The van der Waals surface area contributed by atoms with E-state index in [1.807, 2.05) is 20.8 Å². The van der Waals surface area contributed by atoms with Gasteiger partial charge in [-0.05, 0) is 63.7 Å². The van der Waals surface area contributed by atoms with Crippen molar-refractivity contribution in [2.75, 3.05) is 27.4 Å². The first-order valence-corrected chi connectivity index (χ1v) is 10.6. The average molecular weight is 407 g/mol. The van der Waals surface area contributed by atoms with Gasteiger partial charge < -0.3 is 24.4 Å². The topological polar surface area (TPSA) is 68.2 Å². The number of methoxy groups -OCH3 is 2. The molecule has 5 nitrogen and oxygen atoms in total. The summed E-state index contributed by atoms with van der Waals surface area (Å²) in [5.41, 5.74) is 2.37. The Kier molecular flexibility index (Phi) is 8.56. The molecule has 1 aromatic carbocycles. The van der Waals surface area contributed by atoms with E-state index in [1.165, 1.54) is 32.1 Å². The van der Waals surface area contributed by atoms with Crippen LogP contribution in [0.2, 0.25) is 0 Å². The lowest BCUT2D eigenvalue weighted by molar-refractivity contribution is -0.0749. The quantitative estimate of drug-likeness (QED) is 0.638. The minimum Gasteiger partial charge on any atom is -0.496 e. The predicted molar refractivity (Wildman–Crippen MR) is 117 cm³/mol. The van der Waals surface area contributed by atoms with Crippen LogP contribution in [0.3, 0.4) is 0 Å². The Hall–Kier alpha value is -1.56. The van der Waals surface area contributed by atoms with Gasteiger partial charge in [0.15, 0.2) is 0 Å². The zero-order chi connectivity index (χ0) is 21.6. The van der Waals surface area contributed by atoms with Crippen molar-refractivity contribution in [3.63, 3.8) is 0 Å². The van der Waals surface area contributed by atoms with Crippen molar-refractivity contribution in [3.8, 4) is 11.5 Å². The number of rotatable bonds is 9. The Bertz CT molecular complexity index is 702. The van der Waals surface area contributed by atoms with Crippen LogP contribution in [0.25, 0.3) is 6.08 Å². The van der Waals surface area contributed by atoms with Crippen LogP contribution in [0.1, 0.15) is 61.3 Å². The van der Waals surface area contributed by atoms with Crippen molar-refractivity contribution in [2.24, 2.45) is 5.92 Å². The van der Waals surface area contributed by atoms with Crippen molar-refractivity contribution in [3.05, 3.63) is 28.3 Å². The maximum absolute atomic E-state index is 10.8. The molecule has 2 rings (SSSR count). The number of aliphatic hydroxyl groups excluding tert-OH is 1. The Morgan fingerprint density at radius 1 is 1.00 bits per heavy atom. The van der Waals surface area contributed by atoms with Crippen molar-refractivity contribution < 1.29 is 24.4 Å². The van der Waals surface area contributed by atoms with Gasteiger partial charge in [-0.2, -0.15) is 0 Å². The van der Waals surface area contributed by atoms with Gasteiger partial charge in [-0.25, -0.2) is 0 Å². The van der Waals surface area contributed by atoms with Crippen LogP contribution >= 0.6 is 0 Å². The highest BCUT2D eigenvalue weighted by molar-refractivity contribution is 5.69. The SMILES string of the molecule is COc1c(C)c(C)c(OC)c(/C=C/[C@](C)(O)[C@@H](O)COCC2CCCCC2)c1C. The van der Waals surface area contributed by atoms with Crippen LogP contribution in [0.4, 0.5) is 0 Å². The standard InChI is InChI=1S/C24H38O5/c1-16-17(2)23(28-6)20(18(3)22(16)27-5)12-13-24(4,26)21(25)15-29-14-19-10-8-7-9-11-19/h12-13,19,21,25-26H,7-11,14-15H2,1-6H3/b13-12+/t21-,24-/m0/s1. The number of ether oxygens (including phenoxy) is 3. The second-order valence-electron chi connectivity index (χ2n) is 8.47. The lowest BCUT2D eigenvalue weighted by Gasteiger charge is -2.27. The highest BCUT2D eigenvalue weighted by atomic mass is 16.5.